The Labute approximate surface area is 110 Å². The Morgan fingerprint density at radius 1 is 0.846 bits per heavy atom. The zero-order chi connectivity index (χ0) is 9.69. The Balaban J connectivity index is 2.33. The average molecular weight is 435 g/mol. The summed E-state index contributed by atoms with van der Waals surface area (Å²) in [6.07, 6.45) is 0. The number of nitrogens with zero attached hydrogens (tertiary/aromatic N) is 1. The van der Waals surface area contributed by atoms with Crippen molar-refractivity contribution in [2.75, 3.05) is 4.90 Å². The van der Waals surface area contributed by atoms with Crippen molar-refractivity contribution in [1.82, 2.24) is 0 Å². The largest absolute Gasteiger partial charge is 0.316 e. The second-order valence-corrected chi connectivity index (χ2v) is 9.47. The van der Waals surface area contributed by atoms with Gasteiger partial charge in [-0.2, -0.15) is 0 Å². The minimum atomic E-state index is -0.242. The number of halogens is 4. The van der Waals surface area contributed by atoms with Crippen molar-refractivity contribution in [2.24, 2.45) is 0 Å². The summed E-state index contributed by atoms with van der Waals surface area (Å²) in [5.41, 5.74) is 1.14. The number of hydrogen-bond donors (Lipinski definition) is 0. The van der Waals surface area contributed by atoms with E-state index in [1.165, 1.54) is 0 Å². The molecule has 1 heterocycles. The molecule has 1 aromatic carbocycles. The number of rotatable bonds is 1. The Morgan fingerprint density at radius 3 is 1.69 bits per heavy atom. The lowest BCUT2D eigenvalue weighted by atomic mass is 10.3. The van der Waals surface area contributed by atoms with Gasteiger partial charge in [-0.1, -0.05) is 18.2 Å². The maximum Gasteiger partial charge on any atom is 0.197 e. The highest BCUT2D eigenvalue weighted by atomic mass is 79.9. The zero-order valence-corrected chi connectivity index (χ0v) is 12.7. The second kappa shape index (κ2) is 3.22. The molecular weight excluding hydrogens is 430 g/mol. The third-order valence-electron chi connectivity index (χ3n) is 1.89. The third kappa shape index (κ3) is 1.52. The molecule has 1 aliphatic rings. The first-order chi connectivity index (χ1) is 5.98. The summed E-state index contributed by atoms with van der Waals surface area (Å²) in [6, 6.07) is 10.1. The van der Waals surface area contributed by atoms with Gasteiger partial charge in [0.2, 0.25) is 0 Å². The van der Waals surface area contributed by atoms with E-state index in [4.69, 9.17) is 0 Å². The van der Waals surface area contributed by atoms with Gasteiger partial charge in [-0.15, -0.1) is 0 Å². The van der Waals surface area contributed by atoms with Crippen molar-refractivity contribution in [2.45, 2.75) is 6.71 Å². The fourth-order valence-corrected chi connectivity index (χ4v) is 4.35. The molecule has 1 nitrogen and oxygen atoms in total. The molecule has 0 aliphatic carbocycles. The molecule has 5 heteroatoms. The average Bonchev–Trinajstić information content (AvgIpc) is 2.44. The predicted molar refractivity (Wildman–Crippen MR) is 70.1 cm³/mol. The quantitative estimate of drug-likeness (QED) is 0.360. The molecule has 0 unspecified atom stereocenters. The van der Waals surface area contributed by atoms with Crippen molar-refractivity contribution < 1.29 is 0 Å². The SMILES string of the molecule is BrC1(Br)N(c2ccccc2)C1(Br)Br. The summed E-state index contributed by atoms with van der Waals surface area (Å²) < 4.78 is -0.483. The molecule has 0 amide bonds. The van der Waals surface area contributed by atoms with Gasteiger partial charge >= 0.3 is 0 Å². The van der Waals surface area contributed by atoms with Crippen LogP contribution in [-0.4, -0.2) is 6.71 Å². The maximum atomic E-state index is 3.56. The van der Waals surface area contributed by atoms with E-state index in [0.29, 0.717) is 0 Å². The van der Waals surface area contributed by atoms with Crippen LogP contribution in [0.5, 0.6) is 0 Å². The van der Waals surface area contributed by atoms with Crippen LogP contribution >= 0.6 is 63.7 Å². The van der Waals surface area contributed by atoms with E-state index in [1.54, 1.807) is 0 Å². The van der Waals surface area contributed by atoms with E-state index in [9.17, 15) is 0 Å². The summed E-state index contributed by atoms with van der Waals surface area (Å²) in [5.74, 6) is 0. The molecule has 0 spiro atoms. The summed E-state index contributed by atoms with van der Waals surface area (Å²) >= 11 is 14.2. The van der Waals surface area contributed by atoms with Gasteiger partial charge in [-0.3, -0.25) is 0 Å². The first-order valence-electron chi connectivity index (χ1n) is 3.59. The standard InChI is InChI=1S/C8H5Br4N/c9-7(10)8(11,12)13(7)6-4-2-1-3-5-6/h1-5H. The van der Waals surface area contributed by atoms with Crippen molar-refractivity contribution in [1.29, 1.82) is 0 Å². The lowest BCUT2D eigenvalue weighted by Gasteiger charge is -2.04. The number of benzene rings is 1. The molecule has 0 bridgehead atoms. The number of hydrogen-bond acceptors (Lipinski definition) is 1. The van der Waals surface area contributed by atoms with Gasteiger partial charge < -0.3 is 4.90 Å². The van der Waals surface area contributed by atoms with Crippen LogP contribution in [0.15, 0.2) is 30.3 Å². The molecule has 1 aromatic rings. The highest BCUT2D eigenvalue weighted by molar-refractivity contribution is 9.31. The summed E-state index contributed by atoms with van der Waals surface area (Å²) in [7, 11) is 0. The molecule has 0 N–H and O–H groups in total. The van der Waals surface area contributed by atoms with Crippen molar-refractivity contribution in [3.8, 4) is 0 Å². The Kier molecular flexibility index (Phi) is 2.59. The van der Waals surface area contributed by atoms with Gasteiger partial charge in [0, 0.05) is 5.69 Å². The minimum Gasteiger partial charge on any atom is -0.316 e. The maximum absolute atomic E-state index is 3.56. The van der Waals surface area contributed by atoms with Crippen LogP contribution in [0.4, 0.5) is 5.69 Å². The molecule has 0 radical (unpaired) electrons. The molecule has 1 aliphatic heterocycles. The van der Waals surface area contributed by atoms with Crippen LogP contribution in [0.1, 0.15) is 0 Å². The van der Waals surface area contributed by atoms with Crippen molar-refractivity contribution >= 4 is 69.4 Å². The normalized spacial score (nSPS) is 22.9. The Bertz CT molecular complexity index is 308. The number of anilines is 1. The van der Waals surface area contributed by atoms with Crippen molar-refractivity contribution in [3.63, 3.8) is 0 Å². The van der Waals surface area contributed by atoms with Gasteiger partial charge in [-0.25, -0.2) is 0 Å². The smallest absolute Gasteiger partial charge is 0.197 e. The molecule has 1 saturated heterocycles. The van der Waals surface area contributed by atoms with E-state index < -0.39 is 0 Å². The summed E-state index contributed by atoms with van der Waals surface area (Å²) in [4.78, 5) is 2.12. The lowest BCUT2D eigenvalue weighted by Crippen LogP contribution is -2.00. The van der Waals surface area contributed by atoms with Gasteiger partial charge in [0.05, 0.1) is 0 Å². The first-order valence-corrected chi connectivity index (χ1v) is 6.76. The van der Waals surface area contributed by atoms with Gasteiger partial charge in [0.1, 0.15) is 0 Å². The minimum absolute atomic E-state index is 0.242. The highest BCUT2D eigenvalue weighted by Crippen LogP contribution is 2.69. The molecule has 0 atom stereocenters. The van der Waals surface area contributed by atoms with E-state index in [2.05, 4.69) is 80.8 Å². The number of alkyl halides is 4. The molecule has 1 fully saturated rings. The Hall–Kier alpha value is 0.940. The molecule has 13 heavy (non-hydrogen) atoms. The Morgan fingerprint density at radius 2 is 1.31 bits per heavy atom. The second-order valence-electron chi connectivity index (χ2n) is 2.75. The van der Waals surface area contributed by atoms with Crippen molar-refractivity contribution in [3.05, 3.63) is 30.3 Å². The van der Waals surface area contributed by atoms with Crippen LogP contribution in [0.2, 0.25) is 0 Å². The van der Waals surface area contributed by atoms with Crippen LogP contribution in [0.3, 0.4) is 0 Å². The third-order valence-corrected chi connectivity index (χ3v) is 7.73. The van der Waals surface area contributed by atoms with E-state index in [0.717, 1.165) is 5.69 Å². The summed E-state index contributed by atoms with van der Waals surface area (Å²) in [5, 5.41) is 0. The molecule has 0 saturated carbocycles. The van der Waals surface area contributed by atoms with E-state index in [-0.39, 0.29) is 6.71 Å². The monoisotopic (exact) mass is 431 g/mol. The topological polar surface area (TPSA) is 3.01 Å². The number of para-hydroxylation sites is 1. The van der Waals surface area contributed by atoms with Crippen LogP contribution in [0, 0.1) is 0 Å². The van der Waals surface area contributed by atoms with E-state index >= 15 is 0 Å². The van der Waals surface area contributed by atoms with Gasteiger partial charge in [-0.05, 0) is 75.9 Å². The predicted octanol–water partition coefficient (Wildman–Crippen LogP) is 4.39. The zero-order valence-electron chi connectivity index (χ0n) is 6.35. The molecule has 2 rings (SSSR count). The summed E-state index contributed by atoms with van der Waals surface area (Å²) in [6.45, 7) is 0. The highest BCUT2D eigenvalue weighted by Gasteiger charge is 2.71. The first kappa shape index (κ1) is 10.5. The molecular formula is C8H5Br4N. The fourth-order valence-electron chi connectivity index (χ4n) is 1.16. The van der Waals surface area contributed by atoms with Gasteiger partial charge in [0.25, 0.3) is 0 Å². The van der Waals surface area contributed by atoms with Crippen LogP contribution in [-0.2, 0) is 0 Å². The fraction of sp³-hybridized carbons (Fsp3) is 0.250. The van der Waals surface area contributed by atoms with Crippen LogP contribution in [0.25, 0.3) is 0 Å². The van der Waals surface area contributed by atoms with Gasteiger partial charge in [0.15, 0.2) is 6.71 Å². The molecule has 0 aromatic heterocycles. The van der Waals surface area contributed by atoms with E-state index in [1.807, 2.05) is 18.2 Å². The molecule has 70 valence electrons. The lowest BCUT2D eigenvalue weighted by molar-refractivity contribution is 1.34. The van der Waals surface area contributed by atoms with Crippen LogP contribution < -0.4 is 4.90 Å².